The fourth-order valence-corrected chi connectivity index (χ4v) is 2.01. The number of rotatable bonds is 7. The van der Waals surface area contributed by atoms with Crippen LogP contribution in [-0.2, 0) is 9.53 Å². The van der Waals surface area contributed by atoms with Gasteiger partial charge in [-0.3, -0.25) is 9.59 Å². The normalized spacial score (nSPS) is 10.2. The first-order valence-electron chi connectivity index (χ1n) is 7.90. The van der Waals surface area contributed by atoms with Gasteiger partial charge >= 0.3 is 5.97 Å². The van der Waals surface area contributed by atoms with Crippen LogP contribution in [0.1, 0.15) is 39.8 Å². The van der Waals surface area contributed by atoms with Gasteiger partial charge in [0.15, 0.2) is 12.4 Å². The molecule has 0 bridgehead atoms. The average Bonchev–Trinajstić information content (AvgIpc) is 3.14. The fourth-order valence-electron chi connectivity index (χ4n) is 2.01. The van der Waals surface area contributed by atoms with E-state index in [9.17, 15) is 14.4 Å². The molecule has 0 aliphatic carbocycles. The lowest BCUT2D eigenvalue weighted by Gasteiger charge is -2.10. The van der Waals surface area contributed by atoms with Crippen molar-refractivity contribution >= 4 is 23.5 Å². The number of anilines is 1. The zero-order chi connectivity index (χ0) is 18.2. The number of hydrogen-bond acceptors (Lipinski definition) is 5. The third-order valence-corrected chi connectivity index (χ3v) is 3.37. The monoisotopic (exact) mass is 344 g/mol. The van der Waals surface area contributed by atoms with Crippen LogP contribution in [0.5, 0.6) is 0 Å². The van der Waals surface area contributed by atoms with Crippen LogP contribution < -0.4 is 10.6 Å². The van der Waals surface area contributed by atoms with Crippen LogP contribution in [0.3, 0.4) is 0 Å². The molecule has 132 valence electrons. The Kier molecular flexibility index (Phi) is 6.33. The Morgan fingerprint density at radius 1 is 1.20 bits per heavy atom. The first-order valence-corrected chi connectivity index (χ1v) is 7.90. The molecular weight excluding hydrogens is 324 g/mol. The van der Waals surface area contributed by atoms with Crippen LogP contribution in [0.25, 0.3) is 0 Å². The van der Waals surface area contributed by atoms with Gasteiger partial charge < -0.3 is 19.8 Å². The number of aryl methyl sites for hydroxylation is 1. The van der Waals surface area contributed by atoms with Crippen molar-refractivity contribution in [2.45, 2.75) is 20.3 Å². The second-order valence-electron chi connectivity index (χ2n) is 5.39. The number of carbonyl (C=O) groups is 3. The summed E-state index contributed by atoms with van der Waals surface area (Å²) >= 11 is 0. The number of ether oxygens (including phenoxy) is 1. The number of hydrogen-bond donors (Lipinski definition) is 2. The molecule has 2 rings (SSSR count). The van der Waals surface area contributed by atoms with E-state index in [1.54, 1.807) is 25.1 Å². The largest absolute Gasteiger partial charge is 0.459 e. The summed E-state index contributed by atoms with van der Waals surface area (Å²) in [5.74, 6) is -1.24. The Morgan fingerprint density at radius 3 is 2.68 bits per heavy atom. The van der Waals surface area contributed by atoms with Gasteiger partial charge in [0.1, 0.15) is 0 Å². The van der Waals surface area contributed by atoms with E-state index in [1.165, 1.54) is 18.4 Å². The highest BCUT2D eigenvalue weighted by atomic mass is 16.5. The van der Waals surface area contributed by atoms with Gasteiger partial charge in [-0.1, -0.05) is 13.0 Å². The minimum atomic E-state index is -0.639. The van der Waals surface area contributed by atoms with Gasteiger partial charge in [-0.05, 0) is 43.2 Å². The minimum Gasteiger partial charge on any atom is -0.459 e. The molecule has 7 heteroatoms. The van der Waals surface area contributed by atoms with Gasteiger partial charge in [-0.25, -0.2) is 4.79 Å². The van der Waals surface area contributed by atoms with E-state index in [4.69, 9.17) is 9.15 Å². The van der Waals surface area contributed by atoms with E-state index < -0.39 is 11.9 Å². The lowest BCUT2D eigenvalue weighted by atomic mass is 10.1. The predicted octanol–water partition coefficient (Wildman–Crippen LogP) is 2.52. The molecule has 0 spiro atoms. The number of amides is 2. The molecule has 2 N–H and O–H groups in total. The van der Waals surface area contributed by atoms with Crippen molar-refractivity contribution in [2.24, 2.45) is 0 Å². The second-order valence-corrected chi connectivity index (χ2v) is 5.39. The number of benzene rings is 1. The standard InChI is InChI=1S/C18H20N2O5/c1-3-8-19-16(21)11-25-18(23)13-7-6-12(2)14(10-13)20-17(22)15-5-4-9-24-15/h4-7,9-10H,3,8,11H2,1-2H3,(H,19,21)(H,20,22). The Labute approximate surface area is 145 Å². The highest BCUT2D eigenvalue weighted by Crippen LogP contribution is 2.19. The number of furan rings is 1. The maximum Gasteiger partial charge on any atom is 0.338 e. The van der Waals surface area contributed by atoms with Crippen molar-refractivity contribution in [3.63, 3.8) is 0 Å². The molecule has 0 radical (unpaired) electrons. The Hall–Kier alpha value is -3.09. The SMILES string of the molecule is CCCNC(=O)COC(=O)c1ccc(C)c(NC(=O)c2ccco2)c1. The average molecular weight is 344 g/mol. The summed E-state index contributed by atoms with van der Waals surface area (Å²) in [6.07, 6.45) is 2.20. The summed E-state index contributed by atoms with van der Waals surface area (Å²) in [6.45, 7) is 3.91. The molecule has 1 aromatic carbocycles. The van der Waals surface area contributed by atoms with Crippen LogP contribution in [-0.4, -0.2) is 30.9 Å². The molecule has 0 saturated carbocycles. The lowest BCUT2D eigenvalue weighted by Crippen LogP contribution is -2.29. The minimum absolute atomic E-state index is 0.167. The quantitative estimate of drug-likeness (QED) is 0.752. The summed E-state index contributed by atoms with van der Waals surface area (Å²) in [6, 6.07) is 7.91. The van der Waals surface area contributed by atoms with E-state index >= 15 is 0 Å². The van der Waals surface area contributed by atoms with Crippen LogP contribution in [0.4, 0.5) is 5.69 Å². The zero-order valence-corrected chi connectivity index (χ0v) is 14.1. The van der Waals surface area contributed by atoms with Crippen LogP contribution in [0.2, 0.25) is 0 Å². The van der Waals surface area contributed by atoms with E-state index in [0.29, 0.717) is 12.2 Å². The molecule has 2 amide bonds. The van der Waals surface area contributed by atoms with Gasteiger partial charge in [0.2, 0.25) is 0 Å². The van der Waals surface area contributed by atoms with E-state index in [0.717, 1.165) is 12.0 Å². The Bertz CT molecular complexity index is 753. The van der Waals surface area contributed by atoms with Crippen molar-refractivity contribution in [2.75, 3.05) is 18.5 Å². The molecule has 0 aliphatic heterocycles. The first-order chi connectivity index (χ1) is 12.0. The van der Waals surface area contributed by atoms with Crippen molar-refractivity contribution in [3.05, 3.63) is 53.5 Å². The van der Waals surface area contributed by atoms with Gasteiger partial charge in [0, 0.05) is 12.2 Å². The molecule has 1 aromatic heterocycles. The molecule has 0 aliphatic rings. The lowest BCUT2D eigenvalue weighted by molar-refractivity contribution is -0.124. The molecule has 0 atom stereocenters. The number of carbonyl (C=O) groups excluding carboxylic acids is 3. The summed E-state index contributed by atoms with van der Waals surface area (Å²) < 4.78 is 10.0. The predicted molar refractivity (Wildman–Crippen MR) is 91.4 cm³/mol. The summed E-state index contributed by atoms with van der Waals surface area (Å²) in [5, 5.41) is 5.30. The molecule has 0 unspecified atom stereocenters. The van der Waals surface area contributed by atoms with Gasteiger partial charge in [0.25, 0.3) is 11.8 Å². The Morgan fingerprint density at radius 2 is 2.00 bits per heavy atom. The van der Waals surface area contributed by atoms with Crippen LogP contribution in [0, 0.1) is 6.92 Å². The topological polar surface area (TPSA) is 97.6 Å². The van der Waals surface area contributed by atoms with E-state index in [-0.39, 0.29) is 23.8 Å². The fraction of sp³-hybridized carbons (Fsp3) is 0.278. The van der Waals surface area contributed by atoms with Gasteiger partial charge in [-0.15, -0.1) is 0 Å². The third-order valence-electron chi connectivity index (χ3n) is 3.37. The molecule has 2 aromatic rings. The molecule has 7 nitrogen and oxygen atoms in total. The molecule has 25 heavy (non-hydrogen) atoms. The molecular formula is C18H20N2O5. The summed E-state index contributed by atoms with van der Waals surface area (Å²) in [7, 11) is 0. The smallest absolute Gasteiger partial charge is 0.338 e. The van der Waals surface area contributed by atoms with Crippen molar-refractivity contribution in [1.29, 1.82) is 0 Å². The Balaban J connectivity index is 2.01. The number of esters is 1. The van der Waals surface area contributed by atoms with Crippen molar-refractivity contribution in [1.82, 2.24) is 5.32 Å². The molecule has 1 heterocycles. The highest BCUT2D eigenvalue weighted by Gasteiger charge is 2.14. The highest BCUT2D eigenvalue weighted by molar-refractivity contribution is 6.03. The number of nitrogens with one attached hydrogen (secondary N) is 2. The van der Waals surface area contributed by atoms with Crippen molar-refractivity contribution < 1.29 is 23.5 Å². The maximum atomic E-state index is 12.1. The van der Waals surface area contributed by atoms with Crippen LogP contribution in [0.15, 0.2) is 41.0 Å². The summed E-state index contributed by atoms with van der Waals surface area (Å²) in [5.41, 5.74) is 1.48. The van der Waals surface area contributed by atoms with Gasteiger partial charge in [-0.2, -0.15) is 0 Å². The molecule has 0 fully saturated rings. The second kappa shape index (κ2) is 8.68. The maximum absolute atomic E-state index is 12.1. The zero-order valence-electron chi connectivity index (χ0n) is 14.1. The molecule has 0 saturated heterocycles. The van der Waals surface area contributed by atoms with Crippen molar-refractivity contribution in [3.8, 4) is 0 Å². The van der Waals surface area contributed by atoms with Gasteiger partial charge in [0.05, 0.1) is 11.8 Å². The first kappa shape index (κ1) is 18.3. The third kappa shape index (κ3) is 5.20. The van der Waals surface area contributed by atoms with Crippen LogP contribution >= 0.6 is 0 Å². The van der Waals surface area contributed by atoms with E-state index in [2.05, 4.69) is 10.6 Å². The summed E-state index contributed by atoms with van der Waals surface area (Å²) in [4.78, 5) is 35.6. The van der Waals surface area contributed by atoms with E-state index in [1.807, 2.05) is 6.92 Å².